The number of carbonyl (C=O) groups excluding carboxylic acids is 3. The van der Waals surface area contributed by atoms with Gasteiger partial charge in [-0.2, -0.15) is 0 Å². The van der Waals surface area contributed by atoms with Crippen molar-refractivity contribution in [1.29, 1.82) is 0 Å². The maximum atomic E-state index is 12.2. The Morgan fingerprint density at radius 3 is 2.00 bits per heavy atom. The van der Waals surface area contributed by atoms with Gasteiger partial charge in [0.2, 0.25) is 0 Å². The lowest BCUT2D eigenvalue weighted by molar-refractivity contribution is 0.0451. The van der Waals surface area contributed by atoms with Crippen molar-refractivity contribution in [2.45, 2.75) is 6.42 Å². The lowest BCUT2D eigenvalue weighted by Gasteiger charge is -2.12. The van der Waals surface area contributed by atoms with Crippen LogP contribution in [0.4, 0.5) is 4.79 Å². The second kappa shape index (κ2) is 7.92. The van der Waals surface area contributed by atoms with Crippen molar-refractivity contribution < 1.29 is 28.6 Å². The molecule has 0 saturated carbocycles. The Labute approximate surface area is 139 Å². The van der Waals surface area contributed by atoms with Crippen molar-refractivity contribution >= 4 is 18.1 Å². The minimum Gasteiger partial charge on any atom is -0.465 e. The van der Waals surface area contributed by atoms with E-state index in [-0.39, 0.29) is 11.1 Å². The van der Waals surface area contributed by atoms with Crippen molar-refractivity contribution in [3.05, 3.63) is 70.8 Å². The molecule has 0 aliphatic rings. The number of esters is 2. The molecule has 0 amide bonds. The summed E-state index contributed by atoms with van der Waals surface area (Å²) in [6.07, 6.45) is -0.813. The van der Waals surface area contributed by atoms with Crippen LogP contribution in [0.5, 0.6) is 0 Å². The number of ether oxygens (including phenoxy) is 3. The van der Waals surface area contributed by atoms with E-state index in [4.69, 9.17) is 4.74 Å². The van der Waals surface area contributed by atoms with Gasteiger partial charge in [-0.15, -0.1) is 0 Å². The zero-order valence-corrected chi connectivity index (χ0v) is 13.3. The van der Waals surface area contributed by atoms with Crippen LogP contribution in [-0.4, -0.2) is 32.3 Å². The summed E-state index contributed by atoms with van der Waals surface area (Å²) in [6, 6.07) is 13.9. The van der Waals surface area contributed by atoms with Crippen molar-refractivity contribution in [2.24, 2.45) is 0 Å². The van der Waals surface area contributed by atoms with E-state index in [2.05, 4.69) is 9.47 Å². The standard InChI is InChI=1S/C18H16O6/c1-22-16(19)13-9-6-10-14(17(20)24-18(21)23-2)15(13)11-12-7-4-3-5-8-12/h3-10H,11H2,1-2H3. The second-order valence-corrected chi connectivity index (χ2v) is 4.83. The fourth-order valence-electron chi connectivity index (χ4n) is 2.24. The first kappa shape index (κ1) is 17.2. The Balaban J connectivity index is 2.47. The summed E-state index contributed by atoms with van der Waals surface area (Å²) in [7, 11) is 2.36. The van der Waals surface area contributed by atoms with Crippen molar-refractivity contribution in [3.8, 4) is 0 Å². The summed E-state index contributed by atoms with van der Waals surface area (Å²) in [5.41, 5.74) is 1.65. The molecule has 0 saturated heterocycles. The highest BCUT2D eigenvalue weighted by Crippen LogP contribution is 2.21. The molecule has 0 fully saturated rings. The van der Waals surface area contributed by atoms with Crippen LogP contribution in [0.2, 0.25) is 0 Å². The van der Waals surface area contributed by atoms with Crippen LogP contribution < -0.4 is 0 Å². The second-order valence-electron chi connectivity index (χ2n) is 4.83. The van der Waals surface area contributed by atoms with Gasteiger partial charge >= 0.3 is 18.1 Å². The first-order chi connectivity index (χ1) is 11.6. The van der Waals surface area contributed by atoms with Gasteiger partial charge in [0, 0.05) is 0 Å². The van der Waals surface area contributed by atoms with Gasteiger partial charge in [0.25, 0.3) is 0 Å². The smallest absolute Gasteiger partial charge is 0.465 e. The first-order valence-electron chi connectivity index (χ1n) is 7.11. The zero-order chi connectivity index (χ0) is 17.5. The monoisotopic (exact) mass is 328 g/mol. The number of hydrogen-bond acceptors (Lipinski definition) is 6. The molecule has 0 N–H and O–H groups in total. The largest absolute Gasteiger partial charge is 0.516 e. The third-order valence-electron chi connectivity index (χ3n) is 3.37. The predicted molar refractivity (Wildman–Crippen MR) is 84.9 cm³/mol. The van der Waals surface area contributed by atoms with Gasteiger partial charge in [-0.1, -0.05) is 36.4 Å². The molecule has 0 unspecified atom stereocenters. The molecule has 124 valence electrons. The number of hydrogen-bond donors (Lipinski definition) is 0. The third kappa shape index (κ3) is 3.98. The van der Waals surface area contributed by atoms with Crippen LogP contribution in [0, 0.1) is 0 Å². The molecule has 2 rings (SSSR count). The Hall–Kier alpha value is -3.15. The van der Waals surface area contributed by atoms with Gasteiger partial charge < -0.3 is 14.2 Å². The Kier molecular flexibility index (Phi) is 5.68. The minimum atomic E-state index is -1.12. The summed E-state index contributed by atoms with van der Waals surface area (Å²) >= 11 is 0. The number of benzene rings is 2. The van der Waals surface area contributed by atoms with Crippen LogP contribution in [0.3, 0.4) is 0 Å². The van der Waals surface area contributed by atoms with Crippen LogP contribution in [0.15, 0.2) is 48.5 Å². The molecule has 6 heteroatoms. The molecule has 0 spiro atoms. The number of carbonyl (C=O) groups is 3. The molecule has 0 bridgehead atoms. The predicted octanol–water partition coefficient (Wildman–Crippen LogP) is 2.99. The van der Waals surface area contributed by atoms with E-state index in [1.54, 1.807) is 6.07 Å². The quantitative estimate of drug-likeness (QED) is 0.634. The third-order valence-corrected chi connectivity index (χ3v) is 3.37. The molecular weight excluding hydrogens is 312 g/mol. The maximum Gasteiger partial charge on any atom is 0.516 e. The lowest BCUT2D eigenvalue weighted by atomic mass is 9.94. The van der Waals surface area contributed by atoms with E-state index < -0.39 is 18.1 Å². The highest BCUT2D eigenvalue weighted by molar-refractivity contribution is 6.00. The summed E-state index contributed by atoms with van der Waals surface area (Å²) in [4.78, 5) is 35.4. The van der Waals surface area contributed by atoms with Crippen LogP contribution in [0.1, 0.15) is 31.8 Å². The van der Waals surface area contributed by atoms with E-state index in [0.717, 1.165) is 12.7 Å². The van der Waals surface area contributed by atoms with Crippen LogP contribution in [-0.2, 0) is 20.6 Å². The summed E-state index contributed by atoms with van der Waals surface area (Å²) < 4.78 is 13.7. The summed E-state index contributed by atoms with van der Waals surface area (Å²) in [6.45, 7) is 0. The SMILES string of the molecule is COC(=O)OC(=O)c1cccc(C(=O)OC)c1Cc1ccccc1. The average Bonchev–Trinajstić information content (AvgIpc) is 2.61. The van der Waals surface area contributed by atoms with Gasteiger partial charge in [-0.05, 0) is 29.7 Å². The van der Waals surface area contributed by atoms with Crippen LogP contribution >= 0.6 is 0 Å². The van der Waals surface area contributed by atoms with Gasteiger partial charge in [-0.25, -0.2) is 14.4 Å². The van der Waals surface area contributed by atoms with E-state index in [1.807, 2.05) is 30.3 Å². The summed E-state index contributed by atoms with van der Waals surface area (Å²) in [5, 5.41) is 0. The van der Waals surface area contributed by atoms with Crippen molar-refractivity contribution in [1.82, 2.24) is 0 Å². The zero-order valence-electron chi connectivity index (χ0n) is 13.3. The maximum absolute atomic E-state index is 12.2. The molecule has 24 heavy (non-hydrogen) atoms. The van der Waals surface area contributed by atoms with E-state index in [1.165, 1.54) is 19.2 Å². The van der Waals surface area contributed by atoms with Gasteiger partial charge in [0.1, 0.15) is 0 Å². The number of rotatable bonds is 4. The highest BCUT2D eigenvalue weighted by Gasteiger charge is 2.22. The Morgan fingerprint density at radius 1 is 0.792 bits per heavy atom. The molecule has 0 aliphatic heterocycles. The molecule has 0 atom stereocenters. The molecule has 0 heterocycles. The molecule has 0 radical (unpaired) electrons. The minimum absolute atomic E-state index is 0.104. The van der Waals surface area contributed by atoms with Crippen molar-refractivity contribution in [3.63, 3.8) is 0 Å². The lowest BCUT2D eigenvalue weighted by Crippen LogP contribution is -2.17. The Morgan fingerprint density at radius 2 is 1.42 bits per heavy atom. The molecule has 0 aromatic heterocycles. The molecule has 6 nitrogen and oxygen atoms in total. The topological polar surface area (TPSA) is 78.9 Å². The highest BCUT2D eigenvalue weighted by atomic mass is 16.7. The molecule has 2 aromatic rings. The molecular formula is C18H16O6. The van der Waals surface area contributed by atoms with E-state index >= 15 is 0 Å². The number of methoxy groups -OCH3 is 2. The molecule has 0 aliphatic carbocycles. The van der Waals surface area contributed by atoms with Crippen molar-refractivity contribution in [2.75, 3.05) is 14.2 Å². The normalized spacial score (nSPS) is 9.92. The Bertz CT molecular complexity index is 751. The molecule has 2 aromatic carbocycles. The first-order valence-corrected chi connectivity index (χ1v) is 7.11. The van der Waals surface area contributed by atoms with E-state index in [0.29, 0.717) is 12.0 Å². The average molecular weight is 328 g/mol. The van der Waals surface area contributed by atoms with E-state index in [9.17, 15) is 14.4 Å². The van der Waals surface area contributed by atoms with Gasteiger partial charge in [0.15, 0.2) is 0 Å². The fourth-order valence-corrected chi connectivity index (χ4v) is 2.24. The van der Waals surface area contributed by atoms with Gasteiger partial charge in [-0.3, -0.25) is 0 Å². The summed E-state index contributed by atoms with van der Waals surface area (Å²) in [5.74, 6) is -1.47. The van der Waals surface area contributed by atoms with Gasteiger partial charge in [0.05, 0.1) is 25.3 Å². The fraction of sp³-hybridized carbons (Fsp3) is 0.167. The van der Waals surface area contributed by atoms with Crippen LogP contribution in [0.25, 0.3) is 0 Å².